The minimum Gasteiger partial charge on any atom is -0.494 e. The number of hydrogen-bond donors (Lipinski definition) is 0. The highest BCUT2D eigenvalue weighted by Gasteiger charge is 2.33. The van der Waals surface area contributed by atoms with Gasteiger partial charge < -0.3 is 18.9 Å². The Hall–Kier alpha value is -3.86. The van der Waals surface area contributed by atoms with Gasteiger partial charge in [-0.2, -0.15) is 0 Å². The third-order valence-corrected chi connectivity index (χ3v) is 8.69. The van der Waals surface area contributed by atoms with Crippen molar-refractivity contribution >= 4 is 50.9 Å². The van der Waals surface area contributed by atoms with Crippen LogP contribution in [0.5, 0.6) is 17.2 Å². The second kappa shape index (κ2) is 13.8. The topological polar surface area (TPSA) is 88.4 Å². The van der Waals surface area contributed by atoms with Crippen LogP contribution in [0.15, 0.2) is 86.2 Å². The van der Waals surface area contributed by atoms with Crippen LogP contribution in [0.3, 0.4) is 0 Å². The number of hydrogen-bond acceptors (Lipinski definition) is 8. The Kier molecular flexibility index (Phi) is 9.93. The summed E-state index contributed by atoms with van der Waals surface area (Å²) >= 11 is 10.9. The summed E-state index contributed by atoms with van der Waals surface area (Å²) in [5, 5.41) is 0.653. The molecule has 0 unspecified atom stereocenters. The number of fused-ring (bicyclic) bond motifs is 1. The predicted molar refractivity (Wildman–Crippen MR) is 174 cm³/mol. The summed E-state index contributed by atoms with van der Waals surface area (Å²) in [5.41, 5.74) is 2.96. The number of benzene rings is 3. The zero-order valence-corrected chi connectivity index (χ0v) is 27.7. The van der Waals surface area contributed by atoms with E-state index in [-0.39, 0.29) is 12.2 Å². The average molecular weight is 698 g/mol. The molecule has 1 aliphatic heterocycles. The van der Waals surface area contributed by atoms with Gasteiger partial charge in [0, 0.05) is 5.02 Å². The fourth-order valence-electron chi connectivity index (χ4n) is 4.87. The molecule has 0 amide bonds. The van der Waals surface area contributed by atoms with Gasteiger partial charge in [0.1, 0.15) is 12.4 Å². The van der Waals surface area contributed by atoms with Gasteiger partial charge in [-0.25, -0.2) is 9.79 Å². The fourth-order valence-corrected chi connectivity index (χ4v) is 6.62. The summed E-state index contributed by atoms with van der Waals surface area (Å²) in [5.74, 6) is 1.22. The molecule has 8 nitrogen and oxygen atoms in total. The molecule has 0 N–H and O–H groups in total. The van der Waals surface area contributed by atoms with Crippen molar-refractivity contribution in [2.75, 3.05) is 20.3 Å². The summed E-state index contributed by atoms with van der Waals surface area (Å²) in [7, 11) is 1.56. The lowest BCUT2D eigenvalue weighted by molar-refractivity contribution is -0.139. The van der Waals surface area contributed by atoms with Crippen LogP contribution in [-0.2, 0) is 16.1 Å². The van der Waals surface area contributed by atoms with Crippen LogP contribution >= 0.6 is 38.9 Å². The molecule has 4 aromatic rings. The molecule has 44 heavy (non-hydrogen) atoms. The van der Waals surface area contributed by atoms with Gasteiger partial charge in [0.25, 0.3) is 5.56 Å². The number of thiazole rings is 1. The van der Waals surface area contributed by atoms with Gasteiger partial charge in [0.2, 0.25) is 0 Å². The van der Waals surface area contributed by atoms with Crippen molar-refractivity contribution < 1.29 is 23.7 Å². The average Bonchev–Trinajstić information content (AvgIpc) is 3.30. The first kappa shape index (κ1) is 31.6. The standard InChI is InChI=1S/C33H30BrClN2O6S/c1-5-41-24-13-9-22(10-14-24)29-28(32(39)42-6-2)19(3)36-33-37(29)31(38)27(44-33)17-21-15-25(34)30(26(16-21)40-4)43-18-20-7-11-23(35)12-8-20/h7-17,29H,5-6,18H2,1-4H3/b27-17-/t29-/m1/s1. The number of allylic oxidation sites excluding steroid dienone is 1. The molecule has 0 bridgehead atoms. The third kappa shape index (κ3) is 6.62. The Morgan fingerprint density at radius 1 is 1.07 bits per heavy atom. The molecule has 11 heteroatoms. The minimum absolute atomic E-state index is 0.201. The first-order valence-corrected chi connectivity index (χ1v) is 15.9. The summed E-state index contributed by atoms with van der Waals surface area (Å²) in [6, 6.07) is 17.7. The molecule has 0 fully saturated rings. The van der Waals surface area contributed by atoms with E-state index in [4.69, 9.17) is 30.5 Å². The number of carbonyl (C=O) groups is 1. The van der Waals surface area contributed by atoms with E-state index >= 15 is 0 Å². The van der Waals surface area contributed by atoms with E-state index in [9.17, 15) is 9.59 Å². The second-order valence-corrected chi connectivity index (χ2v) is 12.1. The van der Waals surface area contributed by atoms with E-state index in [2.05, 4.69) is 20.9 Å². The van der Waals surface area contributed by atoms with Crippen LogP contribution in [0.25, 0.3) is 6.08 Å². The van der Waals surface area contributed by atoms with Gasteiger partial charge in [0.15, 0.2) is 16.3 Å². The van der Waals surface area contributed by atoms with Gasteiger partial charge >= 0.3 is 5.97 Å². The molecule has 0 spiro atoms. The van der Waals surface area contributed by atoms with Crippen LogP contribution < -0.4 is 29.1 Å². The van der Waals surface area contributed by atoms with Crippen LogP contribution in [-0.4, -0.2) is 30.9 Å². The van der Waals surface area contributed by atoms with Crippen molar-refractivity contribution in [2.24, 2.45) is 4.99 Å². The van der Waals surface area contributed by atoms with Crippen molar-refractivity contribution in [2.45, 2.75) is 33.4 Å². The lowest BCUT2D eigenvalue weighted by Crippen LogP contribution is -2.39. The molecule has 5 rings (SSSR count). The summed E-state index contributed by atoms with van der Waals surface area (Å²) in [6.45, 7) is 6.46. The largest absolute Gasteiger partial charge is 0.494 e. The summed E-state index contributed by atoms with van der Waals surface area (Å²) < 4.78 is 25.4. The SMILES string of the molecule is CCOC(=O)C1=C(C)N=c2s/c(=C\c3cc(Br)c(OCc4ccc(Cl)cc4)c(OC)c3)c(=O)n2[C@@H]1c1ccc(OCC)cc1. The van der Waals surface area contributed by atoms with E-state index in [0.29, 0.717) is 60.6 Å². The van der Waals surface area contributed by atoms with Gasteiger partial charge in [-0.05, 0) is 95.9 Å². The Labute approximate surface area is 272 Å². The van der Waals surface area contributed by atoms with Crippen LogP contribution in [0.1, 0.15) is 43.5 Å². The monoisotopic (exact) mass is 696 g/mol. The molecule has 1 atom stereocenters. The van der Waals surface area contributed by atoms with Crippen molar-refractivity contribution in [1.29, 1.82) is 0 Å². The van der Waals surface area contributed by atoms with Gasteiger partial charge in [0.05, 0.1) is 46.6 Å². The maximum atomic E-state index is 14.0. The maximum absolute atomic E-state index is 14.0. The van der Waals surface area contributed by atoms with Crippen LogP contribution in [0.4, 0.5) is 0 Å². The fraction of sp³-hybridized carbons (Fsp3) is 0.242. The van der Waals surface area contributed by atoms with Gasteiger partial charge in [-0.15, -0.1) is 0 Å². The number of carbonyl (C=O) groups excluding carboxylic acids is 1. The van der Waals surface area contributed by atoms with E-state index in [1.807, 2.05) is 61.5 Å². The molecule has 0 radical (unpaired) electrons. The molecular formula is C33H30BrClN2O6S. The highest BCUT2D eigenvalue weighted by atomic mass is 79.9. The van der Waals surface area contributed by atoms with E-state index in [1.165, 1.54) is 11.3 Å². The van der Waals surface area contributed by atoms with Crippen molar-refractivity contribution in [3.05, 3.63) is 118 Å². The zero-order valence-electron chi connectivity index (χ0n) is 24.6. The van der Waals surface area contributed by atoms with Crippen molar-refractivity contribution in [1.82, 2.24) is 4.57 Å². The Bertz CT molecular complexity index is 1900. The van der Waals surface area contributed by atoms with Crippen LogP contribution in [0.2, 0.25) is 5.02 Å². The quantitative estimate of drug-likeness (QED) is 0.184. The normalized spacial score (nSPS) is 14.6. The number of halogens is 2. The highest BCUT2D eigenvalue weighted by molar-refractivity contribution is 9.10. The first-order valence-electron chi connectivity index (χ1n) is 13.9. The molecule has 1 aliphatic rings. The minimum atomic E-state index is -0.715. The number of esters is 1. The lowest BCUT2D eigenvalue weighted by Gasteiger charge is -2.24. The number of methoxy groups -OCH3 is 1. The summed E-state index contributed by atoms with van der Waals surface area (Å²) in [6.07, 6.45) is 1.78. The number of aromatic nitrogens is 1. The zero-order chi connectivity index (χ0) is 31.4. The van der Waals surface area contributed by atoms with Gasteiger partial charge in [-0.1, -0.05) is 47.2 Å². The molecule has 228 valence electrons. The highest BCUT2D eigenvalue weighted by Crippen LogP contribution is 2.37. The first-order chi connectivity index (χ1) is 21.2. The smallest absolute Gasteiger partial charge is 0.338 e. The van der Waals surface area contributed by atoms with Crippen molar-refractivity contribution in [3.63, 3.8) is 0 Å². The molecule has 0 saturated carbocycles. The Morgan fingerprint density at radius 2 is 1.80 bits per heavy atom. The third-order valence-electron chi connectivity index (χ3n) is 6.87. The molecule has 3 aromatic carbocycles. The van der Waals surface area contributed by atoms with E-state index < -0.39 is 12.0 Å². The Morgan fingerprint density at radius 3 is 2.45 bits per heavy atom. The molecule has 1 aromatic heterocycles. The lowest BCUT2D eigenvalue weighted by atomic mass is 9.96. The molecule has 2 heterocycles. The maximum Gasteiger partial charge on any atom is 0.338 e. The Balaban J connectivity index is 1.56. The second-order valence-electron chi connectivity index (χ2n) is 9.75. The number of nitrogens with zero attached hydrogens (tertiary/aromatic N) is 2. The van der Waals surface area contributed by atoms with Gasteiger partial charge in [-0.3, -0.25) is 9.36 Å². The molecule has 0 aliphatic carbocycles. The van der Waals surface area contributed by atoms with Crippen LogP contribution in [0, 0.1) is 0 Å². The van der Waals surface area contributed by atoms with Crippen molar-refractivity contribution in [3.8, 4) is 17.2 Å². The molecule has 0 saturated heterocycles. The number of ether oxygens (including phenoxy) is 4. The number of rotatable bonds is 10. The molecular weight excluding hydrogens is 668 g/mol. The predicted octanol–water partition coefficient (Wildman–Crippen LogP) is 6.20. The van der Waals surface area contributed by atoms with E-state index in [0.717, 1.165) is 16.7 Å². The summed E-state index contributed by atoms with van der Waals surface area (Å²) in [4.78, 5) is 32.3. The van der Waals surface area contributed by atoms with E-state index in [1.54, 1.807) is 37.7 Å².